The topological polar surface area (TPSA) is 6.48 Å². The Morgan fingerprint density at radius 2 is 1.06 bits per heavy atom. The largest absolute Gasteiger partial charge is 0.329 e. The van der Waals surface area contributed by atoms with Crippen LogP contribution in [0.4, 0.5) is 0 Å². The summed E-state index contributed by atoms with van der Waals surface area (Å²) in [5, 5.41) is 1.14. The van der Waals surface area contributed by atoms with Crippen LogP contribution in [0.25, 0.3) is 0 Å². The molecule has 0 spiro atoms. The van der Waals surface area contributed by atoms with E-state index in [9.17, 15) is 0 Å². The summed E-state index contributed by atoms with van der Waals surface area (Å²) in [5.41, 5.74) is 0. The van der Waals surface area contributed by atoms with Gasteiger partial charge in [-0.15, -0.1) is 0 Å². The molecule has 94 valence electrons. The monoisotopic (exact) mass is 256 g/mol. The fourth-order valence-corrected chi connectivity index (χ4v) is 9.26. The van der Waals surface area contributed by atoms with Gasteiger partial charge in [0.25, 0.3) is 0 Å². The Balaban J connectivity index is 1.64. The van der Waals surface area contributed by atoms with E-state index >= 15 is 0 Å². The van der Waals surface area contributed by atoms with Crippen LogP contribution in [0.1, 0.15) is 45.4 Å². The molecule has 2 nitrogen and oxygen atoms in total. The zero-order chi connectivity index (χ0) is 11.2. The number of hydrogen-bond acceptors (Lipinski definition) is 2. The normalized spacial score (nSPS) is 28.3. The lowest BCUT2D eigenvalue weighted by molar-refractivity contribution is 0.350. The lowest BCUT2D eigenvalue weighted by Gasteiger charge is -2.32. The van der Waals surface area contributed by atoms with Crippen molar-refractivity contribution in [3.8, 4) is 0 Å². The minimum Gasteiger partial charge on any atom is -0.329 e. The van der Waals surface area contributed by atoms with Crippen LogP contribution in [0.2, 0.25) is 5.16 Å². The van der Waals surface area contributed by atoms with Crippen molar-refractivity contribution >= 4 is 19.4 Å². The first kappa shape index (κ1) is 12.8. The summed E-state index contributed by atoms with van der Waals surface area (Å²) in [6.45, 7) is 8.30. The molecule has 16 heavy (non-hydrogen) atoms. The summed E-state index contributed by atoms with van der Waals surface area (Å²) in [6.07, 6.45) is 8.89. The highest BCUT2D eigenvalue weighted by Gasteiger charge is 2.18. The molecule has 0 unspecified atom stereocenters. The molecule has 2 fully saturated rings. The van der Waals surface area contributed by atoms with Crippen molar-refractivity contribution < 1.29 is 0 Å². The Kier molecular flexibility index (Phi) is 5.55. The highest BCUT2D eigenvalue weighted by Crippen LogP contribution is 2.14. The van der Waals surface area contributed by atoms with Gasteiger partial charge in [-0.1, -0.05) is 19.8 Å². The maximum Gasteiger partial charge on any atom is 0.0959 e. The predicted molar refractivity (Wildman–Crippen MR) is 77.4 cm³/mol. The maximum absolute atomic E-state index is 2.85. The predicted octanol–water partition coefficient (Wildman–Crippen LogP) is 0.892. The Labute approximate surface area is 106 Å². The number of hydrogen-bond donors (Lipinski definition) is 0. The van der Waals surface area contributed by atoms with Gasteiger partial charge in [0.2, 0.25) is 0 Å². The lowest BCUT2D eigenvalue weighted by atomic mass is 10.2. The molecule has 0 radical (unpaired) electrons. The van der Waals surface area contributed by atoms with E-state index in [0.29, 0.717) is 0 Å². The van der Waals surface area contributed by atoms with Gasteiger partial charge in [0, 0.05) is 0 Å². The van der Waals surface area contributed by atoms with Gasteiger partial charge in [0.15, 0.2) is 0 Å². The molecule has 0 aromatic rings. The zero-order valence-electron chi connectivity index (χ0n) is 11.0. The highest BCUT2D eigenvalue weighted by atomic mass is 28.3. The van der Waals surface area contributed by atoms with Gasteiger partial charge in [0.1, 0.15) is 0 Å². The molecular weight excluding hydrogens is 228 g/mol. The molecule has 2 aliphatic rings. The van der Waals surface area contributed by atoms with E-state index in [-0.39, 0.29) is 19.4 Å². The third-order valence-electron chi connectivity index (χ3n) is 4.04. The van der Waals surface area contributed by atoms with Gasteiger partial charge in [0.05, 0.1) is 19.4 Å². The molecule has 0 saturated carbocycles. The van der Waals surface area contributed by atoms with Crippen molar-refractivity contribution in [2.45, 2.75) is 50.6 Å². The minimum atomic E-state index is 0.0983. The van der Waals surface area contributed by atoms with Crippen molar-refractivity contribution in [3.63, 3.8) is 0 Å². The van der Waals surface area contributed by atoms with Crippen LogP contribution in [-0.4, -0.2) is 54.7 Å². The number of rotatable bonds is 4. The van der Waals surface area contributed by atoms with Crippen molar-refractivity contribution in [1.82, 2.24) is 9.13 Å². The van der Waals surface area contributed by atoms with E-state index < -0.39 is 0 Å². The molecule has 0 atom stereocenters. The van der Waals surface area contributed by atoms with E-state index in [2.05, 4.69) is 16.1 Å². The van der Waals surface area contributed by atoms with Crippen molar-refractivity contribution in [3.05, 3.63) is 0 Å². The van der Waals surface area contributed by atoms with Gasteiger partial charge < -0.3 is 9.13 Å². The van der Waals surface area contributed by atoms with Crippen LogP contribution in [0.15, 0.2) is 0 Å². The standard InChI is InChI=1S/C12H28N2Si2/c1-12(15-13-8-4-2-5-9-13)16-14-10-6-3-7-11-14/h12H,2-11,15-16H2,1H3. The van der Waals surface area contributed by atoms with Gasteiger partial charge in [-0.25, -0.2) is 0 Å². The first-order valence-corrected chi connectivity index (χ1v) is 10.2. The van der Waals surface area contributed by atoms with E-state index in [4.69, 9.17) is 0 Å². The molecule has 4 heteroatoms. The second-order valence-electron chi connectivity index (χ2n) is 5.83. The van der Waals surface area contributed by atoms with Crippen LogP contribution in [-0.2, 0) is 0 Å². The molecule has 2 aliphatic heterocycles. The Hall–Kier alpha value is 0.354. The van der Waals surface area contributed by atoms with Crippen LogP contribution in [0.3, 0.4) is 0 Å². The minimum absolute atomic E-state index is 0.0983. The third-order valence-corrected chi connectivity index (χ3v) is 9.13. The van der Waals surface area contributed by atoms with Gasteiger partial charge in [-0.2, -0.15) is 0 Å². The summed E-state index contributed by atoms with van der Waals surface area (Å²) >= 11 is 0. The molecule has 2 saturated heterocycles. The Bertz CT molecular complexity index is 169. The number of piperidine rings is 2. The van der Waals surface area contributed by atoms with Crippen LogP contribution < -0.4 is 0 Å². The molecule has 0 bridgehead atoms. The highest BCUT2D eigenvalue weighted by molar-refractivity contribution is 6.55. The Morgan fingerprint density at radius 1 is 0.688 bits per heavy atom. The second kappa shape index (κ2) is 6.94. The van der Waals surface area contributed by atoms with Gasteiger partial charge >= 0.3 is 0 Å². The fourth-order valence-electron chi connectivity index (χ4n) is 3.22. The molecule has 0 aromatic carbocycles. The quantitative estimate of drug-likeness (QED) is 0.690. The first-order valence-electron chi connectivity index (χ1n) is 7.29. The van der Waals surface area contributed by atoms with E-state index in [1.807, 2.05) is 0 Å². The second-order valence-corrected chi connectivity index (χ2v) is 12.3. The summed E-state index contributed by atoms with van der Waals surface area (Å²) in [7, 11) is 0.197. The summed E-state index contributed by atoms with van der Waals surface area (Å²) in [5.74, 6) is 0. The van der Waals surface area contributed by atoms with Crippen molar-refractivity contribution in [2.24, 2.45) is 0 Å². The van der Waals surface area contributed by atoms with Crippen molar-refractivity contribution in [1.29, 1.82) is 0 Å². The van der Waals surface area contributed by atoms with Crippen LogP contribution in [0.5, 0.6) is 0 Å². The molecule has 0 aliphatic carbocycles. The third kappa shape index (κ3) is 4.32. The smallest absolute Gasteiger partial charge is 0.0959 e. The van der Waals surface area contributed by atoms with Crippen molar-refractivity contribution in [2.75, 3.05) is 26.2 Å². The maximum atomic E-state index is 2.85. The lowest BCUT2D eigenvalue weighted by Crippen LogP contribution is -2.41. The summed E-state index contributed by atoms with van der Waals surface area (Å²) in [4.78, 5) is 0. The molecule has 0 amide bonds. The zero-order valence-corrected chi connectivity index (χ0v) is 13.8. The Morgan fingerprint density at radius 3 is 1.44 bits per heavy atom. The summed E-state index contributed by atoms with van der Waals surface area (Å²) < 4.78 is 5.70. The SMILES string of the molecule is CC([SiH2]N1CCCCC1)[SiH2]N1CCCCC1. The molecule has 2 rings (SSSR count). The average molecular weight is 257 g/mol. The molecular formula is C12H28N2Si2. The van der Waals surface area contributed by atoms with E-state index in [1.165, 1.54) is 64.7 Å². The van der Waals surface area contributed by atoms with Gasteiger partial charge in [-0.3, -0.25) is 0 Å². The van der Waals surface area contributed by atoms with Gasteiger partial charge in [-0.05, 0) is 57.0 Å². The first-order chi connectivity index (χ1) is 7.84. The molecule has 0 aromatic heterocycles. The number of nitrogens with zero attached hydrogens (tertiary/aromatic N) is 2. The van der Waals surface area contributed by atoms with Crippen LogP contribution in [0, 0.1) is 0 Å². The van der Waals surface area contributed by atoms with E-state index in [1.54, 1.807) is 0 Å². The van der Waals surface area contributed by atoms with Crippen LogP contribution >= 0.6 is 0 Å². The molecule has 0 N–H and O–H groups in total. The van der Waals surface area contributed by atoms with E-state index in [0.717, 1.165) is 5.16 Å². The summed E-state index contributed by atoms with van der Waals surface area (Å²) in [6, 6.07) is 0. The fraction of sp³-hybridized carbons (Fsp3) is 1.00. The average Bonchev–Trinajstić information content (AvgIpc) is 2.31. The molecule has 2 heterocycles.